The van der Waals surface area contributed by atoms with Crippen LogP contribution in [-0.2, 0) is 0 Å². The van der Waals surface area contributed by atoms with Gasteiger partial charge in [0.2, 0.25) is 0 Å². The lowest BCUT2D eigenvalue weighted by Crippen LogP contribution is -2.26. The molecule has 21 heavy (non-hydrogen) atoms. The van der Waals surface area contributed by atoms with E-state index in [1.54, 1.807) is 0 Å². The van der Waals surface area contributed by atoms with E-state index >= 15 is 0 Å². The summed E-state index contributed by atoms with van der Waals surface area (Å²) < 4.78 is 0. The number of nitrogens with two attached hydrogens (primary N) is 1. The quantitative estimate of drug-likeness (QED) is 0.855. The molecule has 0 fully saturated rings. The molecule has 0 bridgehead atoms. The molecule has 2 N–H and O–H groups in total. The molecule has 0 saturated heterocycles. The predicted octanol–water partition coefficient (Wildman–Crippen LogP) is 4.42. The number of nitrogens with zero attached hydrogens (tertiary/aromatic N) is 1. The average molecular weight is 303 g/mol. The summed E-state index contributed by atoms with van der Waals surface area (Å²) in [6.45, 7) is 3.16. The standard InChI is InChI=1S/C18H23ClN2/c1-14(15-8-10-17(19)11-9-15)21(2)13-12-18(20)16-6-4-3-5-7-16/h3-11,14,18H,12-13,20H2,1-2H3. The van der Waals surface area contributed by atoms with Gasteiger partial charge in [-0.2, -0.15) is 0 Å². The Labute approximate surface area is 132 Å². The van der Waals surface area contributed by atoms with Crippen LogP contribution in [-0.4, -0.2) is 18.5 Å². The molecule has 2 nitrogen and oxygen atoms in total. The molecule has 0 radical (unpaired) electrons. The Morgan fingerprint density at radius 1 is 1.00 bits per heavy atom. The van der Waals surface area contributed by atoms with Crippen LogP contribution in [0.15, 0.2) is 54.6 Å². The van der Waals surface area contributed by atoms with Crippen molar-refractivity contribution in [2.75, 3.05) is 13.6 Å². The van der Waals surface area contributed by atoms with E-state index in [2.05, 4.69) is 43.1 Å². The van der Waals surface area contributed by atoms with Gasteiger partial charge in [0.05, 0.1) is 0 Å². The molecule has 0 saturated carbocycles. The first-order valence-corrected chi connectivity index (χ1v) is 7.72. The van der Waals surface area contributed by atoms with Crippen LogP contribution in [0.3, 0.4) is 0 Å². The number of benzene rings is 2. The zero-order valence-electron chi connectivity index (χ0n) is 12.7. The first-order valence-electron chi connectivity index (χ1n) is 7.34. The van der Waals surface area contributed by atoms with Gasteiger partial charge in [-0.1, -0.05) is 54.1 Å². The second-order valence-electron chi connectivity index (χ2n) is 5.51. The van der Waals surface area contributed by atoms with E-state index in [-0.39, 0.29) is 6.04 Å². The van der Waals surface area contributed by atoms with E-state index in [9.17, 15) is 0 Å². The molecule has 2 atom stereocenters. The maximum absolute atomic E-state index is 6.26. The van der Waals surface area contributed by atoms with Crippen LogP contribution in [0.25, 0.3) is 0 Å². The smallest absolute Gasteiger partial charge is 0.0406 e. The van der Waals surface area contributed by atoms with Gasteiger partial charge in [0.1, 0.15) is 0 Å². The zero-order chi connectivity index (χ0) is 15.2. The highest BCUT2D eigenvalue weighted by atomic mass is 35.5. The molecule has 3 heteroatoms. The molecule has 0 aromatic heterocycles. The van der Waals surface area contributed by atoms with E-state index < -0.39 is 0 Å². The molecular weight excluding hydrogens is 280 g/mol. The molecule has 2 aromatic rings. The number of hydrogen-bond donors (Lipinski definition) is 1. The molecule has 0 amide bonds. The largest absolute Gasteiger partial charge is 0.324 e. The summed E-state index contributed by atoms with van der Waals surface area (Å²) in [6, 6.07) is 18.8. The molecule has 112 valence electrons. The van der Waals surface area contributed by atoms with Gasteiger partial charge in [-0.25, -0.2) is 0 Å². The summed E-state index contributed by atoms with van der Waals surface area (Å²) in [4.78, 5) is 2.33. The predicted molar refractivity (Wildman–Crippen MR) is 90.5 cm³/mol. The van der Waals surface area contributed by atoms with Crippen LogP contribution in [0.5, 0.6) is 0 Å². The van der Waals surface area contributed by atoms with Gasteiger partial charge in [-0.05, 0) is 43.7 Å². The lowest BCUT2D eigenvalue weighted by molar-refractivity contribution is 0.251. The van der Waals surface area contributed by atoms with Crippen molar-refractivity contribution in [3.05, 3.63) is 70.7 Å². The van der Waals surface area contributed by atoms with Crippen LogP contribution < -0.4 is 5.73 Å². The minimum absolute atomic E-state index is 0.0890. The SMILES string of the molecule is CC(c1ccc(Cl)cc1)N(C)CCC(N)c1ccccc1. The summed E-state index contributed by atoms with van der Waals surface area (Å²) in [5.41, 5.74) is 8.73. The molecular formula is C18H23ClN2. The molecule has 2 aromatic carbocycles. The summed E-state index contributed by atoms with van der Waals surface area (Å²) in [6.07, 6.45) is 0.943. The van der Waals surface area contributed by atoms with Gasteiger partial charge < -0.3 is 5.73 Å². The molecule has 0 aliphatic heterocycles. The Bertz CT molecular complexity index is 539. The van der Waals surface area contributed by atoms with E-state index in [1.807, 2.05) is 30.3 Å². The monoisotopic (exact) mass is 302 g/mol. The van der Waals surface area contributed by atoms with E-state index in [0.29, 0.717) is 6.04 Å². The summed E-state index contributed by atoms with van der Waals surface area (Å²) in [5, 5.41) is 0.778. The zero-order valence-corrected chi connectivity index (χ0v) is 13.4. The second-order valence-corrected chi connectivity index (χ2v) is 5.95. The van der Waals surface area contributed by atoms with Crippen molar-refractivity contribution >= 4 is 11.6 Å². The van der Waals surface area contributed by atoms with Crippen molar-refractivity contribution in [3.63, 3.8) is 0 Å². The summed E-state index contributed by atoms with van der Waals surface area (Å²) in [5.74, 6) is 0. The normalized spacial score (nSPS) is 14.1. The fraction of sp³-hybridized carbons (Fsp3) is 0.333. The van der Waals surface area contributed by atoms with Gasteiger partial charge >= 0.3 is 0 Å². The summed E-state index contributed by atoms with van der Waals surface area (Å²) >= 11 is 5.94. The van der Waals surface area contributed by atoms with E-state index in [1.165, 1.54) is 11.1 Å². The van der Waals surface area contributed by atoms with Crippen molar-refractivity contribution in [1.82, 2.24) is 4.90 Å². The Balaban J connectivity index is 1.89. The van der Waals surface area contributed by atoms with Crippen LogP contribution in [0.1, 0.15) is 36.6 Å². The van der Waals surface area contributed by atoms with E-state index in [0.717, 1.165) is 18.0 Å². The van der Waals surface area contributed by atoms with Crippen molar-refractivity contribution in [2.24, 2.45) is 5.73 Å². The average Bonchev–Trinajstić information content (AvgIpc) is 2.53. The number of halogens is 1. The molecule has 0 aliphatic carbocycles. The van der Waals surface area contributed by atoms with Gasteiger partial charge in [-0.3, -0.25) is 4.90 Å². The highest BCUT2D eigenvalue weighted by Gasteiger charge is 2.13. The van der Waals surface area contributed by atoms with Crippen molar-refractivity contribution in [3.8, 4) is 0 Å². The van der Waals surface area contributed by atoms with Crippen molar-refractivity contribution < 1.29 is 0 Å². The highest BCUT2D eigenvalue weighted by molar-refractivity contribution is 6.30. The maximum Gasteiger partial charge on any atom is 0.0406 e. The Morgan fingerprint density at radius 2 is 1.62 bits per heavy atom. The fourth-order valence-corrected chi connectivity index (χ4v) is 2.53. The lowest BCUT2D eigenvalue weighted by Gasteiger charge is -2.26. The third-order valence-electron chi connectivity index (χ3n) is 4.03. The van der Waals surface area contributed by atoms with Gasteiger partial charge in [0.25, 0.3) is 0 Å². The highest BCUT2D eigenvalue weighted by Crippen LogP contribution is 2.22. The molecule has 2 rings (SSSR count). The van der Waals surface area contributed by atoms with Gasteiger partial charge in [-0.15, -0.1) is 0 Å². The fourth-order valence-electron chi connectivity index (χ4n) is 2.40. The molecule has 2 unspecified atom stereocenters. The maximum atomic E-state index is 6.26. The first-order chi connectivity index (χ1) is 10.1. The Kier molecular flexibility index (Phi) is 5.80. The van der Waals surface area contributed by atoms with E-state index in [4.69, 9.17) is 17.3 Å². The van der Waals surface area contributed by atoms with Crippen molar-refractivity contribution in [2.45, 2.75) is 25.4 Å². The minimum atomic E-state index is 0.0890. The Hall–Kier alpha value is -1.35. The number of rotatable bonds is 6. The third kappa shape index (κ3) is 4.57. The first kappa shape index (κ1) is 16.0. The van der Waals surface area contributed by atoms with Gasteiger partial charge in [0, 0.05) is 23.7 Å². The van der Waals surface area contributed by atoms with Crippen LogP contribution in [0.2, 0.25) is 5.02 Å². The second kappa shape index (κ2) is 7.60. The Morgan fingerprint density at radius 3 is 2.24 bits per heavy atom. The molecule has 0 aliphatic rings. The molecule has 0 heterocycles. The lowest BCUT2D eigenvalue weighted by atomic mass is 10.0. The third-order valence-corrected chi connectivity index (χ3v) is 4.29. The van der Waals surface area contributed by atoms with Crippen LogP contribution in [0.4, 0.5) is 0 Å². The van der Waals surface area contributed by atoms with Crippen LogP contribution >= 0.6 is 11.6 Å². The summed E-state index contributed by atoms with van der Waals surface area (Å²) in [7, 11) is 2.14. The topological polar surface area (TPSA) is 29.3 Å². The minimum Gasteiger partial charge on any atom is -0.324 e. The molecule has 0 spiro atoms. The van der Waals surface area contributed by atoms with Gasteiger partial charge in [0.15, 0.2) is 0 Å². The van der Waals surface area contributed by atoms with Crippen molar-refractivity contribution in [1.29, 1.82) is 0 Å². The number of hydrogen-bond acceptors (Lipinski definition) is 2. The van der Waals surface area contributed by atoms with Crippen LogP contribution in [0, 0.1) is 0 Å².